The molecule has 0 aromatic carbocycles. The average Bonchev–Trinajstić information content (AvgIpc) is 2.24. The van der Waals surface area contributed by atoms with Gasteiger partial charge in [0.15, 0.2) is 0 Å². The van der Waals surface area contributed by atoms with Crippen molar-refractivity contribution >= 4 is 5.71 Å². The molecule has 0 amide bonds. The van der Waals surface area contributed by atoms with Crippen LogP contribution in [0.5, 0.6) is 0 Å². The van der Waals surface area contributed by atoms with Crippen molar-refractivity contribution in [3.8, 4) is 0 Å². The van der Waals surface area contributed by atoms with E-state index in [2.05, 4.69) is 9.99 Å². The highest BCUT2D eigenvalue weighted by Crippen LogP contribution is 2.27. The highest BCUT2D eigenvalue weighted by Gasteiger charge is 2.32. The molecule has 0 aromatic rings. The van der Waals surface area contributed by atoms with Gasteiger partial charge in [-0.25, -0.2) is 0 Å². The second-order valence-electron chi connectivity index (χ2n) is 4.20. The first-order valence-corrected chi connectivity index (χ1v) is 5.84. The van der Waals surface area contributed by atoms with Gasteiger partial charge in [-0.2, -0.15) is 0 Å². The zero-order valence-corrected chi connectivity index (χ0v) is 9.52. The topological polar surface area (TPSA) is 21.6 Å². The van der Waals surface area contributed by atoms with Crippen LogP contribution in [0.2, 0.25) is 0 Å². The second-order valence-corrected chi connectivity index (χ2v) is 4.20. The van der Waals surface area contributed by atoms with E-state index in [-0.39, 0.29) is 5.92 Å². The Morgan fingerprint density at radius 3 is 2.38 bits per heavy atom. The summed E-state index contributed by atoms with van der Waals surface area (Å²) < 4.78 is 35.7. The van der Waals surface area contributed by atoms with Crippen molar-refractivity contribution in [1.29, 1.82) is 0 Å². The van der Waals surface area contributed by atoms with Crippen LogP contribution in [0.15, 0.2) is 5.16 Å². The van der Waals surface area contributed by atoms with Gasteiger partial charge in [-0.1, -0.05) is 37.8 Å². The Labute approximate surface area is 93.8 Å². The van der Waals surface area contributed by atoms with Gasteiger partial charge in [-0.3, -0.25) is 4.84 Å². The number of rotatable bonds is 4. The van der Waals surface area contributed by atoms with E-state index in [0.717, 1.165) is 32.1 Å². The molecular formula is C11H18F3NO. The summed E-state index contributed by atoms with van der Waals surface area (Å²) in [5.41, 5.74) is 0.583. The zero-order chi connectivity index (χ0) is 12.0. The highest BCUT2D eigenvalue weighted by atomic mass is 19.4. The first-order chi connectivity index (χ1) is 7.53. The largest absolute Gasteiger partial charge is 0.593 e. The molecule has 0 aliphatic heterocycles. The van der Waals surface area contributed by atoms with E-state index in [0.29, 0.717) is 12.1 Å². The number of oxime groups is 1. The Bertz CT molecular complexity index is 232. The number of halogens is 3. The fraction of sp³-hybridized carbons (Fsp3) is 0.909. The predicted octanol–water partition coefficient (Wildman–Crippen LogP) is 4.26. The third-order valence-electron chi connectivity index (χ3n) is 2.85. The maximum absolute atomic E-state index is 11.9. The van der Waals surface area contributed by atoms with Crippen LogP contribution in [-0.2, 0) is 4.84 Å². The molecular weight excluding hydrogens is 219 g/mol. The van der Waals surface area contributed by atoms with E-state index in [1.165, 1.54) is 6.42 Å². The Morgan fingerprint density at radius 1 is 1.25 bits per heavy atom. The summed E-state index contributed by atoms with van der Waals surface area (Å²) in [6.45, 7) is 1.94. The van der Waals surface area contributed by atoms with Gasteiger partial charge < -0.3 is 0 Å². The van der Waals surface area contributed by atoms with Crippen molar-refractivity contribution in [3.63, 3.8) is 0 Å². The van der Waals surface area contributed by atoms with Crippen LogP contribution in [0.25, 0.3) is 0 Å². The Morgan fingerprint density at radius 2 is 1.88 bits per heavy atom. The number of alkyl halides is 3. The minimum atomic E-state index is -4.66. The lowest BCUT2D eigenvalue weighted by Crippen LogP contribution is -2.20. The van der Waals surface area contributed by atoms with E-state index in [4.69, 9.17) is 0 Å². The molecule has 0 N–H and O–H groups in total. The fourth-order valence-electron chi connectivity index (χ4n) is 2.13. The van der Waals surface area contributed by atoms with Crippen molar-refractivity contribution in [1.82, 2.24) is 0 Å². The molecule has 0 spiro atoms. The smallest absolute Gasteiger partial charge is 0.294 e. The standard InChI is InChI=1S/C11H18F3NO/c1-2-6-10(15-16-11(12,13)14)9-7-4-3-5-8-9/h9H,2-8H2,1H3/b15-10+. The van der Waals surface area contributed by atoms with Gasteiger partial charge in [0.25, 0.3) is 0 Å². The van der Waals surface area contributed by atoms with Crippen LogP contribution in [-0.4, -0.2) is 12.1 Å². The molecule has 0 bridgehead atoms. The molecule has 1 aliphatic carbocycles. The van der Waals surface area contributed by atoms with Crippen molar-refractivity contribution in [2.24, 2.45) is 11.1 Å². The van der Waals surface area contributed by atoms with Gasteiger partial charge in [-0.05, 0) is 19.3 Å². The van der Waals surface area contributed by atoms with Gasteiger partial charge in [0.1, 0.15) is 0 Å². The number of nitrogens with zero attached hydrogens (tertiary/aromatic N) is 1. The predicted molar refractivity (Wildman–Crippen MR) is 56.1 cm³/mol. The molecule has 0 radical (unpaired) electrons. The van der Waals surface area contributed by atoms with Crippen LogP contribution in [0.1, 0.15) is 51.9 Å². The van der Waals surface area contributed by atoms with Crippen molar-refractivity contribution in [3.05, 3.63) is 0 Å². The molecule has 2 nitrogen and oxygen atoms in total. The molecule has 0 heterocycles. The Hall–Kier alpha value is -0.740. The number of hydrogen-bond acceptors (Lipinski definition) is 2. The van der Waals surface area contributed by atoms with E-state index < -0.39 is 6.36 Å². The molecule has 94 valence electrons. The molecule has 5 heteroatoms. The molecule has 0 unspecified atom stereocenters. The minimum absolute atomic E-state index is 0.191. The molecule has 0 aromatic heterocycles. The van der Waals surface area contributed by atoms with Gasteiger partial charge in [0.05, 0.1) is 5.71 Å². The summed E-state index contributed by atoms with van der Waals surface area (Å²) in [7, 11) is 0. The average molecular weight is 237 g/mol. The SMILES string of the molecule is CCC/C(=N\OC(F)(F)F)C1CCCCC1. The Kier molecular flexibility index (Phi) is 5.09. The molecule has 1 aliphatic rings. The third-order valence-corrected chi connectivity index (χ3v) is 2.85. The van der Waals surface area contributed by atoms with Crippen LogP contribution >= 0.6 is 0 Å². The summed E-state index contributed by atoms with van der Waals surface area (Å²) >= 11 is 0. The summed E-state index contributed by atoms with van der Waals surface area (Å²) in [5.74, 6) is 0.191. The Balaban J connectivity index is 2.57. The minimum Gasteiger partial charge on any atom is -0.294 e. The maximum atomic E-state index is 11.9. The summed E-state index contributed by atoms with van der Waals surface area (Å²) in [6.07, 6.45) is 1.97. The molecule has 1 saturated carbocycles. The zero-order valence-electron chi connectivity index (χ0n) is 9.52. The van der Waals surface area contributed by atoms with Crippen LogP contribution in [0.4, 0.5) is 13.2 Å². The van der Waals surface area contributed by atoms with Gasteiger partial charge >= 0.3 is 6.36 Å². The first kappa shape index (κ1) is 13.3. The summed E-state index contributed by atoms with van der Waals surface area (Å²) in [4.78, 5) is 3.59. The molecule has 16 heavy (non-hydrogen) atoms. The number of hydrogen-bond donors (Lipinski definition) is 0. The molecule has 1 rings (SSSR count). The van der Waals surface area contributed by atoms with Gasteiger partial charge in [-0.15, -0.1) is 13.2 Å². The normalized spacial score (nSPS) is 19.9. The van der Waals surface area contributed by atoms with Crippen molar-refractivity contribution in [2.75, 3.05) is 0 Å². The molecule has 0 atom stereocenters. The summed E-state index contributed by atoms with van der Waals surface area (Å²) in [6, 6.07) is 0. The summed E-state index contributed by atoms with van der Waals surface area (Å²) in [5, 5.41) is 3.30. The van der Waals surface area contributed by atoms with E-state index >= 15 is 0 Å². The molecule has 1 fully saturated rings. The van der Waals surface area contributed by atoms with Crippen LogP contribution in [0, 0.1) is 5.92 Å². The van der Waals surface area contributed by atoms with Gasteiger partial charge in [0, 0.05) is 5.92 Å². The van der Waals surface area contributed by atoms with E-state index in [1.54, 1.807) is 0 Å². The molecule has 0 saturated heterocycles. The van der Waals surface area contributed by atoms with E-state index in [9.17, 15) is 13.2 Å². The lowest BCUT2D eigenvalue weighted by molar-refractivity contribution is -0.325. The fourth-order valence-corrected chi connectivity index (χ4v) is 2.13. The monoisotopic (exact) mass is 237 g/mol. The van der Waals surface area contributed by atoms with Crippen LogP contribution in [0.3, 0.4) is 0 Å². The van der Waals surface area contributed by atoms with E-state index in [1.807, 2.05) is 6.92 Å². The van der Waals surface area contributed by atoms with Crippen molar-refractivity contribution < 1.29 is 18.0 Å². The quantitative estimate of drug-likeness (QED) is 0.529. The highest BCUT2D eigenvalue weighted by molar-refractivity contribution is 5.86. The third kappa shape index (κ3) is 4.86. The lowest BCUT2D eigenvalue weighted by Gasteiger charge is -2.22. The van der Waals surface area contributed by atoms with Crippen molar-refractivity contribution in [2.45, 2.75) is 58.2 Å². The lowest BCUT2D eigenvalue weighted by atomic mass is 9.84. The van der Waals surface area contributed by atoms with Crippen LogP contribution < -0.4 is 0 Å². The first-order valence-electron chi connectivity index (χ1n) is 5.84. The maximum Gasteiger partial charge on any atom is 0.593 e. The second kappa shape index (κ2) is 6.11. The van der Waals surface area contributed by atoms with Gasteiger partial charge in [0.2, 0.25) is 0 Å².